The zero-order chi connectivity index (χ0) is 11.6. The Balaban J connectivity index is 2.37. The first kappa shape index (κ1) is 11.3. The summed E-state index contributed by atoms with van der Waals surface area (Å²) in [5.74, 6) is 0. The van der Waals surface area contributed by atoms with Crippen LogP contribution in [0.2, 0.25) is 0 Å². The van der Waals surface area contributed by atoms with E-state index < -0.39 is 7.60 Å². The standard InChI is InChI=1S/C12H13O3P/c1-15-16(13,14)9-10-6-7-11-4-2-3-5-12(11)8-10/h2-8H,9H2,1H3,(H,13,14). The lowest BCUT2D eigenvalue weighted by Crippen LogP contribution is -1.90. The van der Waals surface area contributed by atoms with Gasteiger partial charge >= 0.3 is 7.60 Å². The SMILES string of the molecule is COP(=O)(O)Cc1ccc2ccccc2c1. The van der Waals surface area contributed by atoms with Crippen LogP contribution in [-0.2, 0) is 15.3 Å². The maximum absolute atomic E-state index is 11.4. The zero-order valence-electron chi connectivity index (χ0n) is 8.96. The van der Waals surface area contributed by atoms with Crippen LogP contribution in [0.3, 0.4) is 0 Å². The van der Waals surface area contributed by atoms with Gasteiger partial charge in [0.05, 0.1) is 6.16 Å². The van der Waals surface area contributed by atoms with Gasteiger partial charge in [0.15, 0.2) is 0 Å². The van der Waals surface area contributed by atoms with Crippen LogP contribution in [0, 0.1) is 0 Å². The second-order valence-electron chi connectivity index (χ2n) is 3.66. The molecule has 0 saturated carbocycles. The van der Waals surface area contributed by atoms with Crippen LogP contribution >= 0.6 is 7.60 Å². The molecule has 0 bridgehead atoms. The second kappa shape index (κ2) is 4.38. The highest BCUT2D eigenvalue weighted by Gasteiger charge is 2.17. The summed E-state index contributed by atoms with van der Waals surface area (Å²) in [5, 5.41) is 2.19. The van der Waals surface area contributed by atoms with Crippen LogP contribution in [0.1, 0.15) is 5.56 Å². The smallest absolute Gasteiger partial charge is 0.324 e. The average Bonchev–Trinajstić information content (AvgIpc) is 2.28. The summed E-state index contributed by atoms with van der Waals surface area (Å²) in [7, 11) is -2.22. The maximum Gasteiger partial charge on any atom is 0.332 e. The molecule has 1 N–H and O–H groups in total. The molecule has 0 fully saturated rings. The quantitative estimate of drug-likeness (QED) is 0.832. The number of rotatable bonds is 3. The number of hydrogen-bond acceptors (Lipinski definition) is 2. The van der Waals surface area contributed by atoms with Gasteiger partial charge in [-0.3, -0.25) is 4.57 Å². The Hall–Kier alpha value is -1.15. The molecule has 2 rings (SSSR count). The van der Waals surface area contributed by atoms with E-state index in [1.165, 1.54) is 7.11 Å². The Morgan fingerprint density at radius 1 is 1.19 bits per heavy atom. The van der Waals surface area contributed by atoms with E-state index in [4.69, 9.17) is 0 Å². The van der Waals surface area contributed by atoms with Gasteiger partial charge in [0.25, 0.3) is 0 Å². The van der Waals surface area contributed by atoms with E-state index >= 15 is 0 Å². The Kier molecular flexibility index (Phi) is 3.10. The fraction of sp³-hybridized carbons (Fsp3) is 0.167. The topological polar surface area (TPSA) is 46.5 Å². The molecule has 0 aromatic heterocycles. The Labute approximate surface area is 94.2 Å². The molecule has 84 valence electrons. The van der Waals surface area contributed by atoms with Gasteiger partial charge < -0.3 is 9.42 Å². The van der Waals surface area contributed by atoms with E-state index in [9.17, 15) is 9.46 Å². The van der Waals surface area contributed by atoms with E-state index in [0.717, 1.165) is 16.3 Å². The lowest BCUT2D eigenvalue weighted by molar-refractivity contribution is 0.314. The van der Waals surface area contributed by atoms with Gasteiger partial charge in [0, 0.05) is 7.11 Å². The summed E-state index contributed by atoms with van der Waals surface area (Å²) in [4.78, 5) is 9.38. The van der Waals surface area contributed by atoms with Gasteiger partial charge in [-0.2, -0.15) is 0 Å². The van der Waals surface area contributed by atoms with E-state index in [2.05, 4.69) is 4.52 Å². The van der Waals surface area contributed by atoms with Gasteiger partial charge in [-0.1, -0.05) is 42.5 Å². The summed E-state index contributed by atoms with van der Waals surface area (Å²) in [6, 6.07) is 13.6. The highest BCUT2D eigenvalue weighted by molar-refractivity contribution is 7.51. The fourth-order valence-corrected chi connectivity index (χ4v) is 2.42. The molecule has 0 spiro atoms. The Bertz CT molecular complexity index is 551. The zero-order valence-corrected chi connectivity index (χ0v) is 9.85. The van der Waals surface area contributed by atoms with E-state index in [1.54, 1.807) is 0 Å². The molecular formula is C12H13O3P. The lowest BCUT2D eigenvalue weighted by atomic mass is 10.1. The van der Waals surface area contributed by atoms with E-state index in [1.807, 2.05) is 42.5 Å². The van der Waals surface area contributed by atoms with Crippen molar-refractivity contribution in [3.8, 4) is 0 Å². The van der Waals surface area contributed by atoms with E-state index in [-0.39, 0.29) is 6.16 Å². The van der Waals surface area contributed by atoms with Crippen molar-refractivity contribution < 1.29 is 14.0 Å². The lowest BCUT2D eigenvalue weighted by Gasteiger charge is -2.09. The van der Waals surface area contributed by atoms with Gasteiger partial charge in [-0.05, 0) is 16.3 Å². The number of fused-ring (bicyclic) bond motifs is 1. The van der Waals surface area contributed by atoms with Gasteiger partial charge in [0.1, 0.15) is 0 Å². The van der Waals surface area contributed by atoms with Gasteiger partial charge in [-0.25, -0.2) is 0 Å². The first-order chi connectivity index (χ1) is 7.61. The maximum atomic E-state index is 11.4. The molecule has 0 amide bonds. The molecule has 0 aliphatic carbocycles. The highest BCUT2D eigenvalue weighted by atomic mass is 31.2. The van der Waals surface area contributed by atoms with Crippen LogP contribution < -0.4 is 0 Å². The summed E-state index contributed by atoms with van der Waals surface area (Å²) in [5.41, 5.74) is 0.811. The Morgan fingerprint density at radius 3 is 2.56 bits per heavy atom. The van der Waals surface area contributed by atoms with Crippen LogP contribution in [0.4, 0.5) is 0 Å². The average molecular weight is 236 g/mol. The van der Waals surface area contributed by atoms with Crippen molar-refractivity contribution in [2.75, 3.05) is 7.11 Å². The molecule has 16 heavy (non-hydrogen) atoms. The number of hydrogen-bond donors (Lipinski definition) is 1. The molecule has 0 heterocycles. The molecule has 1 atom stereocenters. The molecule has 3 nitrogen and oxygen atoms in total. The second-order valence-corrected chi connectivity index (χ2v) is 5.62. The largest absolute Gasteiger partial charge is 0.332 e. The van der Waals surface area contributed by atoms with Crippen molar-refractivity contribution in [3.63, 3.8) is 0 Å². The van der Waals surface area contributed by atoms with Crippen molar-refractivity contribution >= 4 is 18.4 Å². The molecule has 2 aromatic rings. The molecule has 1 unspecified atom stereocenters. The van der Waals surface area contributed by atoms with Gasteiger partial charge in [-0.15, -0.1) is 0 Å². The van der Waals surface area contributed by atoms with Gasteiger partial charge in [0.2, 0.25) is 0 Å². The van der Waals surface area contributed by atoms with Crippen LogP contribution in [-0.4, -0.2) is 12.0 Å². The minimum atomic E-state index is -3.47. The van der Waals surface area contributed by atoms with Crippen molar-refractivity contribution in [2.45, 2.75) is 6.16 Å². The molecular weight excluding hydrogens is 223 g/mol. The first-order valence-electron chi connectivity index (χ1n) is 4.96. The number of benzene rings is 2. The minimum Gasteiger partial charge on any atom is -0.324 e. The van der Waals surface area contributed by atoms with Crippen LogP contribution in [0.25, 0.3) is 10.8 Å². The normalized spacial score (nSPS) is 14.9. The molecule has 2 aromatic carbocycles. The van der Waals surface area contributed by atoms with E-state index in [0.29, 0.717) is 0 Å². The minimum absolute atomic E-state index is 0.0499. The van der Waals surface area contributed by atoms with Crippen molar-refractivity contribution in [1.82, 2.24) is 0 Å². The third-order valence-corrected chi connectivity index (χ3v) is 3.82. The van der Waals surface area contributed by atoms with Crippen molar-refractivity contribution in [3.05, 3.63) is 48.0 Å². The predicted octanol–water partition coefficient (Wildman–Crippen LogP) is 3.17. The summed E-state index contributed by atoms with van der Waals surface area (Å²) in [6.45, 7) is 0. The Morgan fingerprint density at radius 2 is 1.88 bits per heavy atom. The molecule has 0 aliphatic heterocycles. The molecule has 4 heteroatoms. The molecule has 0 aliphatic rings. The first-order valence-corrected chi connectivity index (χ1v) is 6.72. The third kappa shape index (κ3) is 2.50. The fourth-order valence-electron chi connectivity index (χ4n) is 1.63. The predicted molar refractivity (Wildman–Crippen MR) is 64.5 cm³/mol. The van der Waals surface area contributed by atoms with Crippen LogP contribution in [0.15, 0.2) is 42.5 Å². The van der Waals surface area contributed by atoms with Crippen molar-refractivity contribution in [1.29, 1.82) is 0 Å². The van der Waals surface area contributed by atoms with Crippen LogP contribution in [0.5, 0.6) is 0 Å². The summed E-state index contributed by atoms with van der Waals surface area (Å²) < 4.78 is 16.0. The summed E-state index contributed by atoms with van der Waals surface area (Å²) in [6.07, 6.45) is 0.0499. The van der Waals surface area contributed by atoms with Crippen molar-refractivity contribution in [2.24, 2.45) is 0 Å². The third-order valence-electron chi connectivity index (χ3n) is 2.48. The molecule has 0 radical (unpaired) electrons. The monoisotopic (exact) mass is 236 g/mol. The molecule has 0 saturated heterocycles. The highest BCUT2D eigenvalue weighted by Crippen LogP contribution is 2.44. The summed E-state index contributed by atoms with van der Waals surface area (Å²) >= 11 is 0.